The molecule has 1 amide bonds. The first-order valence-electron chi connectivity index (χ1n) is 6.83. The van der Waals surface area contributed by atoms with Crippen LogP contribution in [0.2, 0.25) is 0 Å². The van der Waals surface area contributed by atoms with E-state index in [4.69, 9.17) is 14.6 Å². The van der Waals surface area contributed by atoms with Crippen LogP contribution in [0.5, 0.6) is 0 Å². The van der Waals surface area contributed by atoms with E-state index in [1.807, 2.05) is 0 Å². The van der Waals surface area contributed by atoms with Crippen LogP contribution in [0.3, 0.4) is 0 Å². The van der Waals surface area contributed by atoms with Gasteiger partial charge in [-0.2, -0.15) is 0 Å². The summed E-state index contributed by atoms with van der Waals surface area (Å²) in [5.74, 6) is -0.898. The van der Waals surface area contributed by atoms with Crippen LogP contribution in [-0.4, -0.2) is 60.9 Å². The van der Waals surface area contributed by atoms with E-state index in [0.717, 1.165) is 19.3 Å². The summed E-state index contributed by atoms with van der Waals surface area (Å²) in [7, 11) is 0. The third-order valence-corrected chi connectivity index (χ3v) is 4.65. The minimum Gasteiger partial charge on any atom is -0.481 e. The summed E-state index contributed by atoms with van der Waals surface area (Å²) < 4.78 is 10.7. The Balaban J connectivity index is 1.53. The highest BCUT2D eigenvalue weighted by molar-refractivity contribution is 5.81. The van der Waals surface area contributed by atoms with Crippen molar-refractivity contribution in [2.24, 2.45) is 11.3 Å². The highest BCUT2D eigenvalue weighted by atomic mass is 16.6. The van der Waals surface area contributed by atoms with Gasteiger partial charge in [-0.1, -0.05) is 0 Å². The fraction of sp³-hybridized carbons (Fsp3) is 0.846. The smallest absolute Gasteiger partial charge is 0.307 e. The second kappa shape index (κ2) is 4.76. The van der Waals surface area contributed by atoms with Crippen LogP contribution in [0, 0.1) is 11.3 Å². The van der Waals surface area contributed by atoms with Gasteiger partial charge in [0.05, 0.1) is 25.7 Å². The molecule has 1 spiro atoms. The zero-order chi connectivity index (χ0) is 13.5. The van der Waals surface area contributed by atoms with E-state index in [0.29, 0.717) is 32.9 Å². The first-order chi connectivity index (χ1) is 9.12. The molecule has 106 valence electrons. The van der Waals surface area contributed by atoms with Crippen molar-refractivity contribution in [3.8, 4) is 0 Å². The van der Waals surface area contributed by atoms with Crippen LogP contribution in [-0.2, 0) is 19.1 Å². The first kappa shape index (κ1) is 12.9. The van der Waals surface area contributed by atoms with Gasteiger partial charge < -0.3 is 19.5 Å². The molecule has 1 saturated carbocycles. The van der Waals surface area contributed by atoms with Crippen molar-refractivity contribution in [3.63, 3.8) is 0 Å². The van der Waals surface area contributed by atoms with E-state index in [1.54, 1.807) is 4.90 Å². The molecule has 19 heavy (non-hydrogen) atoms. The molecule has 0 unspecified atom stereocenters. The Morgan fingerprint density at radius 2 is 1.95 bits per heavy atom. The summed E-state index contributed by atoms with van der Waals surface area (Å²) >= 11 is 0. The Bertz CT molecular complexity index is 382. The van der Waals surface area contributed by atoms with Crippen LogP contribution in [0.1, 0.15) is 19.3 Å². The number of likely N-dealkylation sites (tertiary alicyclic amines) is 1. The molecule has 2 saturated heterocycles. The topological polar surface area (TPSA) is 76.1 Å². The largest absolute Gasteiger partial charge is 0.481 e. The zero-order valence-corrected chi connectivity index (χ0v) is 10.8. The summed E-state index contributed by atoms with van der Waals surface area (Å²) in [5.41, 5.74) is -0.0352. The van der Waals surface area contributed by atoms with Crippen LogP contribution < -0.4 is 0 Å². The molecular formula is C13H19NO5. The Morgan fingerprint density at radius 3 is 2.47 bits per heavy atom. The molecule has 6 nitrogen and oxygen atoms in total. The Morgan fingerprint density at radius 1 is 1.21 bits per heavy atom. The summed E-state index contributed by atoms with van der Waals surface area (Å²) in [4.78, 5) is 25.0. The van der Waals surface area contributed by atoms with Gasteiger partial charge in [0.1, 0.15) is 0 Å². The van der Waals surface area contributed by atoms with E-state index in [1.165, 1.54) is 0 Å². The fourth-order valence-electron chi connectivity index (χ4n) is 3.26. The molecule has 2 atom stereocenters. The van der Waals surface area contributed by atoms with Gasteiger partial charge in [0.15, 0.2) is 6.10 Å². The van der Waals surface area contributed by atoms with Crippen LogP contribution in [0.15, 0.2) is 0 Å². The summed E-state index contributed by atoms with van der Waals surface area (Å²) in [6, 6.07) is 0. The Kier molecular flexibility index (Phi) is 3.22. The number of nitrogens with zero attached hydrogens (tertiary/aromatic N) is 1. The third kappa shape index (κ3) is 2.34. The van der Waals surface area contributed by atoms with Gasteiger partial charge in [-0.15, -0.1) is 0 Å². The second-order valence-electron chi connectivity index (χ2n) is 5.72. The van der Waals surface area contributed by atoms with Crippen LogP contribution >= 0.6 is 0 Å². The van der Waals surface area contributed by atoms with Crippen molar-refractivity contribution in [1.29, 1.82) is 0 Å². The number of carbonyl (C=O) groups is 2. The molecule has 2 heterocycles. The molecule has 3 aliphatic rings. The first-order valence-corrected chi connectivity index (χ1v) is 6.83. The monoisotopic (exact) mass is 269 g/mol. The lowest BCUT2D eigenvalue weighted by Gasteiger charge is -2.35. The molecule has 0 radical (unpaired) electrons. The highest BCUT2D eigenvalue weighted by Crippen LogP contribution is 2.59. The number of rotatable bonds is 2. The summed E-state index contributed by atoms with van der Waals surface area (Å²) in [5, 5.41) is 9.03. The average molecular weight is 269 g/mol. The van der Waals surface area contributed by atoms with E-state index in [9.17, 15) is 9.59 Å². The van der Waals surface area contributed by atoms with Crippen LogP contribution in [0.25, 0.3) is 0 Å². The summed E-state index contributed by atoms with van der Waals surface area (Å²) in [6.45, 7) is 2.63. The lowest BCUT2D eigenvalue weighted by atomic mass is 9.90. The Labute approximate surface area is 111 Å². The molecule has 0 aromatic rings. The van der Waals surface area contributed by atoms with Gasteiger partial charge in [-0.3, -0.25) is 9.59 Å². The number of hydrogen-bond donors (Lipinski definition) is 1. The maximum Gasteiger partial charge on any atom is 0.307 e. The lowest BCUT2D eigenvalue weighted by Crippen LogP contribution is -2.48. The van der Waals surface area contributed by atoms with Gasteiger partial charge in [-0.25, -0.2) is 0 Å². The van der Waals surface area contributed by atoms with Crippen molar-refractivity contribution in [2.45, 2.75) is 25.4 Å². The second-order valence-corrected chi connectivity index (χ2v) is 5.72. The molecule has 1 aliphatic carbocycles. The fourth-order valence-corrected chi connectivity index (χ4v) is 3.26. The minimum atomic E-state index is -0.691. The molecular weight excluding hydrogens is 250 g/mol. The number of amides is 1. The molecule has 3 rings (SSSR count). The number of piperidine rings is 1. The van der Waals surface area contributed by atoms with Gasteiger partial charge >= 0.3 is 5.97 Å². The van der Waals surface area contributed by atoms with E-state index < -0.39 is 12.1 Å². The molecule has 3 fully saturated rings. The number of aliphatic carboxylic acids is 1. The van der Waals surface area contributed by atoms with Gasteiger partial charge in [0.2, 0.25) is 0 Å². The number of ether oxygens (including phenoxy) is 2. The predicted molar refractivity (Wildman–Crippen MR) is 64.5 cm³/mol. The standard InChI is InChI=1S/C13H19NO5/c15-11(10-8-18-5-6-19-10)14-3-1-13(2-4-14)7-9(13)12(16)17/h9-10H,1-8H2,(H,16,17)/t9-,10-/m0/s1. The maximum atomic E-state index is 12.2. The van der Waals surface area contributed by atoms with Crippen LogP contribution in [0.4, 0.5) is 0 Å². The van der Waals surface area contributed by atoms with Crippen molar-refractivity contribution < 1.29 is 24.2 Å². The normalized spacial score (nSPS) is 33.2. The molecule has 1 N–H and O–H groups in total. The molecule has 0 aromatic heterocycles. The Hall–Kier alpha value is -1.14. The quantitative estimate of drug-likeness (QED) is 0.770. The lowest BCUT2D eigenvalue weighted by molar-refractivity contribution is -0.159. The average Bonchev–Trinajstić information content (AvgIpc) is 3.14. The zero-order valence-electron chi connectivity index (χ0n) is 10.8. The minimum absolute atomic E-state index is 0.0120. The SMILES string of the molecule is O=C(O)[C@@H]1CC12CCN(C(=O)[C@@H]1COCCO1)CC2. The molecule has 6 heteroatoms. The highest BCUT2D eigenvalue weighted by Gasteiger charge is 2.59. The van der Waals surface area contributed by atoms with Gasteiger partial charge in [0.25, 0.3) is 5.91 Å². The van der Waals surface area contributed by atoms with Gasteiger partial charge in [-0.05, 0) is 24.7 Å². The molecule has 0 aromatic carbocycles. The number of hydrogen-bond acceptors (Lipinski definition) is 4. The summed E-state index contributed by atoms with van der Waals surface area (Å²) in [6.07, 6.45) is 1.89. The number of carboxylic acids is 1. The molecule has 2 aliphatic heterocycles. The van der Waals surface area contributed by atoms with Crippen molar-refractivity contribution in [2.75, 3.05) is 32.9 Å². The predicted octanol–water partition coefficient (Wildman–Crippen LogP) is 0.115. The number of carboxylic acid groups (broad SMARTS) is 1. The van der Waals surface area contributed by atoms with Crippen molar-refractivity contribution in [3.05, 3.63) is 0 Å². The van der Waals surface area contributed by atoms with E-state index >= 15 is 0 Å². The molecule has 0 bridgehead atoms. The number of carbonyl (C=O) groups excluding carboxylic acids is 1. The maximum absolute atomic E-state index is 12.2. The van der Waals surface area contributed by atoms with E-state index in [2.05, 4.69) is 0 Å². The van der Waals surface area contributed by atoms with Crippen molar-refractivity contribution in [1.82, 2.24) is 4.90 Å². The van der Waals surface area contributed by atoms with Gasteiger partial charge in [0, 0.05) is 13.1 Å². The van der Waals surface area contributed by atoms with E-state index in [-0.39, 0.29) is 17.2 Å². The third-order valence-electron chi connectivity index (χ3n) is 4.65. The van der Waals surface area contributed by atoms with Crippen molar-refractivity contribution >= 4 is 11.9 Å².